The molecule has 0 saturated heterocycles. The fourth-order valence-electron chi connectivity index (χ4n) is 3.91. The van der Waals surface area contributed by atoms with E-state index in [0.29, 0.717) is 22.2 Å². The van der Waals surface area contributed by atoms with Crippen molar-refractivity contribution in [3.05, 3.63) is 82.9 Å². The molecule has 9 heteroatoms. The largest absolute Gasteiger partial charge is 0.492 e. The lowest BCUT2D eigenvalue weighted by molar-refractivity contribution is -0.127. The Hall–Kier alpha value is -3.23. The van der Waals surface area contributed by atoms with Gasteiger partial charge in [-0.15, -0.1) is 0 Å². The van der Waals surface area contributed by atoms with E-state index >= 15 is 0 Å². The van der Waals surface area contributed by atoms with Crippen molar-refractivity contribution < 1.29 is 22.7 Å². The van der Waals surface area contributed by atoms with Crippen LogP contribution in [-0.2, 0) is 20.2 Å². The Bertz CT molecular complexity index is 1370. The average Bonchev–Trinajstić information content (AvgIpc) is 2.86. The van der Waals surface area contributed by atoms with Crippen molar-refractivity contribution in [1.29, 1.82) is 0 Å². The van der Waals surface area contributed by atoms with Gasteiger partial charge in [0.1, 0.15) is 18.1 Å². The molecule has 0 fully saturated rings. The van der Waals surface area contributed by atoms with Gasteiger partial charge in [0.25, 0.3) is 15.9 Å². The van der Waals surface area contributed by atoms with Crippen LogP contribution in [0.2, 0.25) is 5.02 Å². The van der Waals surface area contributed by atoms with E-state index in [-0.39, 0.29) is 30.0 Å². The van der Waals surface area contributed by atoms with Crippen LogP contribution in [0.1, 0.15) is 31.9 Å². The number of benzene rings is 3. The first-order valence-electron chi connectivity index (χ1n) is 12.0. The van der Waals surface area contributed by atoms with Crippen LogP contribution in [0, 0.1) is 6.92 Å². The smallest absolute Gasteiger partial charge is 0.264 e. The van der Waals surface area contributed by atoms with Gasteiger partial charge in [-0.3, -0.25) is 9.10 Å². The summed E-state index contributed by atoms with van der Waals surface area (Å²) in [6, 6.07) is 19.0. The normalized spacial score (nSPS) is 15.5. The molecule has 0 saturated carbocycles. The van der Waals surface area contributed by atoms with Gasteiger partial charge in [-0.25, -0.2) is 8.42 Å². The number of fused-ring (bicyclic) bond motifs is 1. The highest BCUT2D eigenvalue weighted by Gasteiger charge is 2.38. The van der Waals surface area contributed by atoms with Crippen molar-refractivity contribution in [1.82, 2.24) is 5.32 Å². The molecule has 1 heterocycles. The first kappa shape index (κ1) is 26.8. The highest BCUT2D eigenvalue weighted by atomic mass is 35.5. The number of anilines is 1. The van der Waals surface area contributed by atoms with E-state index in [1.54, 1.807) is 54.6 Å². The summed E-state index contributed by atoms with van der Waals surface area (Å²) in [4.78, 5) is 13.2. The van der Waals surface area contributed by atoms with Crippen LogP contribution in [0.25, 0.3) is 0 Å². The number of hydrogen-bond donors (Lipinski definition) is 1. The van der Waals surface area contributed by atoms with Crippen molar-refractivity contribution in [2.24, 2.45) is 0 Å². The summed E-state index contributed by atoms with van der Waals surface area (Å²) in [5.74, 6) is 0.549. The van der Waals surface area contributed by atoms with Crippen molar-refractivity contribution in [3.63, 3.8) is 0 Å². The van der Waals surface area contributed by atoms with Crippen LogP contribution < -0.4 is 19.1 Å². The third kappa shape index (κ3) is 6.19. The van der Waals surface area contributed by atoms with E-state index < -0.39 is 22.0 Å². The zero-order valence-electron chi connectivity index (χ0n) is 21.3. The summed E-state index contributed by atoms with van der Waals surface area (Å²) in [7, 11) is -3.95. The lowest BCUT2D eigenvalue weighted by atomic mass is 9.86. The molecule has 1 amide bonds. The summed E-state index contributed by atoms with van der Waals surface area (Å²) in [5, 5.41) is 3.39. The molecule has 7 nitrogen and oxygen atoms in total. The number of ether oxygens (including phenoxy) is 2. The molecule has 37 heavy (non-hydrogen) atoms. The summed E-state index contributed by atoms with van der Waals surface area (Å²) < 4.78 is 40.4. The summed E-state index contributed by atoms with van der Waals surface area (Å²) in [6.45, 7) is 8.37. The van der Waals surface area contributed by atoms with E-state index in [1.807, 2.05) is 19.1 Å². The predicted octanol–water partition coefficient (Wildman–Crippen LogP) is 5.10. The number of halogens is 1. The fraction of sp³-hybridized carbons (Fsp3) is 0.321. The molecule has 3 aromatic rings. The Morgan fingerprint density at radius 3 is 2.41 bits per heavy atom. The lowest BCUT2D eigenvalue weighted by Crippen LogP contribution is -2.51. The molecule has 4 rings (SSSR count). The van der Waals surface area contributed by atoms with E-state index in [4.69, 9.17) is 21.1 Å². The van der Waals surface area contributed by atoms with Gasteiger partial charge < -0.3 is 14.8 Å². The van der Waals surface area contributed by atoms with Crippen LogP contribution in [0.5, 0.6) is 11.5 Å². The molecule has 0 spiro atoms. The van der Waals surface area contributed by atoms with E-state index in [0.717, 1.165) is 11.1 Å². The van der Waals surface area contributed by atoms with Crippen LogP contribution in [0.15, 0.2) is 71.6 Å². The van der Waals surface area contributed by atoms with Crippen molar-refractivity contribution >= 4 is 33.2 Å². The van der Waals surface area contributed by atoms with E-state index in [1.165, 1.54) is 4.31 Å². The Balaban J connectivity index is 1.55. The van der Waals surface area contributed by atoms with Gasteiger partial charge in [-0.05, 0) is 66.4 Å². The standard InChI is InChI=1S/C28H31ClN2O5S/c1-19-5-12-23(13-6-19)37(33,34)31-18-26(36-25-14-7-20(17-24(25)31)28(2,3)4)27(32)30-15-16-35-22-10-8-21(29)9-11-22/h5-14,17,26H,15-16,18H2,1-4H3,(H,30,32). The zero-order chi connectivity index (χ0) is 26.8. The second-order valence-corrected chi connectivity index (χ2v) is 12.3. The summed E-state index contributed by atoms with van der Waals surface area (Å²) in [6.07, 6.45) is -1.02. The molecule has 0 aromatic heterocycles. The highest BCUT2D eigenvalue weighted by Crippen LogP contribution is 2.40. The van der Waals surface area contributed by atoms with Gasteiger partial charge in [0.15, 0.2) is 6.10 Å². The molecule has 1 unspecified atom stereocenters. The zero-order valence-corrected chi connectivity index (χ0v) is 22.9. The minimum absolute atomic E-state index is 0.152. The van der Waals surface area contributed by atoms with Gasteiger partial charge in [0.05, 0.1) is 23.7 Å². The third-order valence-corrected chi connectivity index (χ3v) is 8.13. The van der Waals surface area contributed by atoms with Gasteiger partial charge in [-0.2, -0.15) is 0 Å². The van der Waals surface area contributed by atoms with Gasteiger partial charge in [-0.1, -0.05) is 56.1 Å². The molecule has 0 bridgehead atoms. The molecule has 1 N–H and O–H groups in total. The van der Waals surface area contributed by atoms with Crippen molar-refractivity contribution in [3.8, 4) is 11.5 Å². The number of sulfonamides is 1. The van der Waals surface area contributed by atoms with Gasteiger partial charge in [0.2, 0.25) is 0 Å². The third-order valence-electron chi connectivity index (χ3n) is 6.08. The average molecular weight is 543 g/mol. The highest BCUT2D eigenvalue weighted by molar-refractivity contribution is 7.92. The Kier molecular flexibility index (Phi) is 7.71. The van der Waals surface area contributed by atoms with Crippen LogP contribution in [-0.4, -0.2) is 40.1 Å². The molecular formula is C28H31ClN2O5S. The molecular weight excluding hydrogens is 512 g/mol. The molecule has 196 valence electrons. The molecule has 0 radical (unpaired) electrons. The minimum Gasteiger partial charge on any atom is -0.492 e. The number of nitrogens with zero attached hydrogens (tertiary/aromatic N) is 1. The molecule has 3 aromatic carbocycles. The number of aryl methyl sites for hydroxylation is 1. The van der Waals surface area contributed by atoms with Crippen molar-refractivity contribution in [2.75, 3.05) is 24.0 Å². The second-order valence-electron chi connectivity index (χ2n) is 9.98. The molecule has 1 aliphatic heterocycles. The molecule has 1 atom stereocenters. The Morgan fingerprint density at radius 1 is 1.08 bits per heavy atom. The molecule has 1 aliphatic rings. The quantitative estimate of drug-likeness (QED) is 0.420. The number of nitrogens with one attached hydrogen (secondary N) is 1. The fourth-order valence-corrected chi connectivity index (χ4v) is 5.50. The van der Waals surface area contributed by atoms with Crippen molar-refractivity contribution in [2.45, 2.75) is 44.1 Å². The first-order valence-corrected chi connectivity index (χ1v) is 13.8. The second kappa shape index (κ2) is 10.6. The maximum atomic E-state index is 13.7. The number of carbonyl (C=O) groups excluding carboxylic acids is 1. The van der Waals surface area contributed by atoms with E-state index in [9.17, 15) is 13.2 Å². The summed E-state index contributed by atoms with van der Waals surface area (Å²) >= 11 is 5.88. The Morgan fingerprint density at radius 2 is 1.76 bits per heavy atom. The number of rotatable bonds is 7. The Labute approximate surface area is 223 Å². The maximum Gasteiger partial charge on any atom is 0.264 e. The van der Waals surface area contributed by atoms with Crippen LogP contribution >= 0.6 is 11.6 Å². The maximum absolute atomic E-state index is 13.7. The van der Waals surface area contributed by atoms with Gasteiger partial charge >= 0.3 is 0 Å². The van der Waals surface area contributed by atoms with Gasteiger partial charge in [0, 0.05) is 5.02 Å². The summed E-state index contributed by atoms with van der Waals surface area (Å²) in [5.41, 5.74) is 2.13. The first-order chi connectivity index (χ1) is 17.4. The lowest BCUT2D eigenvalue weighted by Gasteiger charge is -2.36. The molecule has 0 aliphatic carbocycles. The number of amides is 1. The minimum atomic E-state index is -3.95. The van der Waals surface area contributed by atoms with Crippen LogP contribution in [0.4, 0.5) is 5.69 Å². The monoisotopic (exact) mass is 542 g/mol. The topological polar surface area (TPSA) is 84.9 Å². The van der Waals surface area contributed by atoms with Crippen LogP contribution in [0.3, 0.4) is 0 Å². The van der Waals surface area contributed by atoms with E-state index in [2.05, 4.69) is 26.1 Å². The predicted molar refractivity (Wildman–Crippen MR) is 145 cm³/mol. The number of hydrogen-bond acceptors (Lipinski definition) is 5. The number of carbonyl (C=O) groups is 1. The SMILES string of the molecule is Cc1ccc(S(=O)(=O)N2CC(C(=O)NCCOc3ccc(Cl)cc3)Oc3ccc(C(C)(C)C)cc32)cc1.